The van der Waals surface area contributed by atoms with E-state index in [-0.39, 0.29) is 16.8 Å². The van der Waals surface area contributed by atoms with Gasteiger partial charge in [0.05, 0.1) is 16.8 Å². The van der Waals surface area contributed by atoms with E-state index in [1.54, 1.807) is 12.1 Å². The Labute approximate surface area is 122 Å². The lowest BCUT2D eigenvalue weighted by molar-refractivity contribution is -0.113. The molecule has 0 fully saturated rings. The summed E-state index contributed by atoms with van der Waals surface area (Å²) in [4.78, 5) is 32.7. The number of H-pyrrole nitrogens is 1. The van der Waals surface area contributed by atoms with Crippen LogP contribution in [0.4, 0.5) is 5.82 Å². The number of halogens is 1. The highest BCUT2D eigenvalue weighted by Crippen LogP contribution is 2.14. The third kappa shape index (κ3) is 4.25. The van der Waals surface area contributed by atoms with Crippen LogP contribution in [0, 0.1) is 0 Å². The van der Waals surface area contributed by atoms with Gasteiger partial charge in [-0.15, -0.1) is 0 Å². The largest absolute Gasteiger partial charge is 0.493 e. The van der Waals surface area contributed by atoms with E-state index in [1.807, 2.05) is 0 Å². The van der Waals surface area contributed by atoms with Gasteiger partial charge < -0.3 is 15.4 Å². The van der Waals surface area contributed by atoms with Crippen molar-refractivity contribution in [3.05, 3.63) is 39.8 Å². The van der Waals surface area contributed by atoms with Crippen LogP contribution in [0.2, 0.25) is 5.02 Å². The zero-order valence-corrected chi connectivity index (χ0v) is 11.5. The van der Waals surface area contributed by atoms with E-state index in [0.29, 0.717) is 10.8 Å². The van der Waals surface area contributed by atoms with Gasteiger partial charge in [0.2, 0.25) is 11.8 Å². The molecule has 104 valence electrons. The minimum Gasteiger partial charge on any atom is -0.493 e. The molecule has 9 heteroatoms. The summed E-state index contributed by atoms with van der Waals surface area (Å²) >= 11 is 6.66. The number of amides is 1. The molecule has 0 bridgehead atoms. The summed E-state index contributed by atoms with van der Waals surface area (Å²) in [7, 11) is 0. The number of pyridine rings is 1. The molecular weight excluding hydrogens is 304 g/mol. The summed E-state index contributed by atoms with van der Waals surface area (Å²) in [6.07, 6.45) is 1.42. The van der Waals surface area contributed by atoms with Gasteiger partial charge in [-0.05, 0) is 12.1 Å². The molecule has 0 atom stereocenters. The van der Waals surface area contributed by atoms with Gasteiger partial charge in [0.1, 0.15) is 5.82 Å². The van der Waals surface area contributed by atoms with Gasteiger partial charge in [-0.3, -0.25) is 9.59 Å². The first-order valence-corrected chi connectivity index (χ1v) is 6.74. The fraction of sp³-hybridized carbons (Fsp3) is 0.0909. The lowest BCUT2D eigenvalue weighted by Crippen LogP contribution is -2.15. The average molecular weight is 313 g/mol. The summed E-state index contributed by atoms with van der Waals surface area (Å²) < 4.78 is 0. The van der Waals surface area contributed by atoms with Crippen LogP contribution in [0.1, 0.15) is 0 Å². The van der Waals surface area contributed by atoms with Crippen LogP contribution in [0.3, 0.4) is 0 Å². The van der Waals surface area contributed by atoms with Crippen LogP contribution < -0.4 is 10.9 Å². The topological polar surface area (TPSA) is 108 Å². The zero-order chi connectivity index (χ0) is 14.5. The maximum atomic E-state index is 11.7. The molecule has 0 spiro atoms. The number of thioether (sulfide) groups is 1. The monoisotopic (exact) mass is 312 g/mol. The second kappa shape index (κ2) is 6.40. The smallest absolute Gasteiger partial charge is 0.255 e. The van der Waals surface area contributed by atoms with Crippen LogP contribution in [0.25, 0.3) is 0 Å². The summed E-state index contributed by atoms with van der Waals surface area (Å²) in [5, 5.41) is 12.3. The summed E-state index contributed by atoms with van der Waals surface area (Å²) in [5.74, 6) is -0.333. The molecule has 2 heterocycles. The van der Waals surface area contributed by atoms with E-state index in [4.69, 9.17) is 16.7 Å². The minimum atomic E-state index is -0.486. The van der Waals surface area contributed by atoms with Gasteiger partial charge in [0.25, 0.3) is 5.56 Å². The van der Waals surface area contributed by atoms with E-state index < -0.39 is 11.4 Å². The van der Waals surface area contributed by atoms with E-state index in [1.165, 1.54) is 6.20 Å². The number of carbonyl (C=O) groups excluding carboxylic acids is 1. The van der Waals surface area contributed by atoms with Crippen molar-refractivity contribution in [2.45, 2.75) is 5.16 Å². The van der Waals surface area contributed by atoms with Crippen molar-refractivity contribution in [3.63, 3.8) is 0 Å². The molecule has 0 aliphatic rings. The van der Waals surface area contributed by atoms with E-state index in [2.05, 4.69) is 20.3 Å². The predicted molar refractivity (Wildman–Crippen MR) is 75.1 cm³/mol. The van der Waals surface area contributed by atoms with Crippen molar-refractivity contribution < 1.29 is 9.90 Å². The molecule has 0 unspecified atom stereocenters. The molecule has 0 saturated heterocycles. The number of nitrogens with zero attached hydrogens (tertiary/aromatic N) is 2. The normalized spacial score (nSPS) is 10.2. The van der Waals surface area contributed by atoms with Crippen molar-refractivity contribution >= 4 is 35.1 Å². The molecule has 1 amide bonds. The number of aromatic hydroxyl groups is 1. The Morgan fingerprint density at radius 2 is 2.30 bits per heavy atom. The number of hydrogen-bond donors (Lipinski definition) is 3. The summed E-state index contributed by atoms with van der Waals surface area (Å²) in [6.45, 7) is 0. The average Bonchev–Trinajstić information content (AvgIpc) is 2.38. The molecule has 0 radical (unpaired) electrons. The number of rotatable bonds is 4. The van der Waals surface area contributed by atoms with Crippen molar-refractivity contribution in [2.24, 2.45) is 0 Å². The lowest BCUT2D eigenvalue weighted by Gasteiger charge is -2.04. The third-order valence-corrected chi connectivity index (χ3v) is 3.14. The first-order valence-electron chi connectivity index (χ1n) is 5.37. The second-order valence-corrected chi connectivity index (χ2v) is 5.01. The van der Waals surface area contributed by atoms with Crippen molar-refractivity contribution in [2.75, 3.05) is 11.1 Å². The Hall–Kier alpha value is -2.06. The van der Waals surface area contributed by atoms with E-state index in [9.17, 15) is 9.59 Å². The van der Waals surface area contributed by atoms with E-state index >= 15 is 0 Å². The number of anilines is 1. The van der Waals surface area contributed by atoms with Crippen LogP contribution in [-0.4, -0.2) is 31.7 Å². The van der Waals surface area contributed by atoms with Gasteiger partial charge in [-0.2, -0.15) is 4.98 Å². The number of carbonyl (C=O) groups is 1. The summed E-state index contributed by atoms with van der Waals surface area (Å²) in [6, 6.07) is 4.12. The second-order valence-electron chi connectivity index (χ2n) is 3.61. The SMILES string of the molecule is O=C(CSc1nc(O)cc(=O)[nH]1)Nc1ccc(Cl)cn1. The zero-order valence-electron chi connectivity index (χ0n) is 9.96. The van der Waals surface area contributed by atoms with Crippen molar-refractivity contribution in [3.8, 4) is 5.88 Å². The predicted octanol–water partition coefficient (Wildman–Crippen LogP) is 1.25. The lowest BCUT2D eigenvalue weighted by atomic mass is 10.4. The molecule has 0 aromatic carbocycles. The Balaban J connectivity index is 1.92. The van der Waals surface area contributed by atoms with Gasteiger partial charge in [0.15, 0.2) is 5.16 Å². The summed E-state index contributed by atoms with van der Waals surface area (Å²) in [5.41, 5.74) is -0.486. The minimum absolute atomic E-state index is 0.0106. The number of aromatic nitrogens is 3. The molecule has 3 N–H and O–H groups in total. The van der Waals surface area contributed by atoms with Crippen LogP contribution in [0.5, 0.6) is 5.88 Å². The molecular formula is C11H9ClN4O3S. The highest BCUT2D eigenvalue weighted by atomic mass is 35.5. The van der Waals surface area contributed by atoms with Crippen molar-refractivity contribution in [1.82, 2.24) is 15.0 Å². The Morgan fingerprint density at radius 1 is 1.50 bits per heavy atom. The quantitative estimate of drug-likeness (QED) is 0.579. The molecule has 0 aliphatic heterocycles. The Kier molecular flexibility index (Phi) is 4.59. The number of hydrogen-bond acceptors (Lipinski definition) is 6. The van der Waals surface area contributed by atoms with E-state index in [0.717, 1.165) is 17.8 Å². The number of nitrogens with one attached hydrogen (secondary N) is 2. The molecule has 2 aromatic heterocycles. The molecule has 2 aromatic rings. The first-order chi connectivity index (χ1) is 9.52. The highest BCUT2D eigenvalue weighted by molar-refractivity contribution is 7.99. The molecule has 2 rings (SSSR count). The highest BCUT2D eigenvalue weighted by Gasteiger charge is 2.07. The van der Waals surface area contributed by atoms with Gasteiger partial charge >= 0.3 is 0 Å². The van der Waals surface area contributed by atoms with Crippen molar-refractivity contribution in [1.29, 1.82) is 0 Å². The molecule has 20 heavy (non-hydrogen) atoms. The van der Waals surface area contributed by atoms with Gasteiger partial charge in [-0.25, -0.2) is 4.98 Å². The number of aromatic amines is 1. The molecule has 0 aliphatic carbocycles. The Bertz CT molecular complexity index is 674. The van der Waals surface area contributed by atoms with Crippen LogP contribution >= 0.6 is 23.4 Å². The molecule has 7 nitrogen and oxygen atoms in total. The maximum absolute atomic E-state index is 11.7. The third-order valence-electron chi connectivity index (χ3n) is 2.04. The van der Waals surface area contributed by atoms with Crippen LogP contribution in [-0.2, 0) is 4.79 Å². The fourth-order valence-corrected chi connectivity index (χ4v) is 2.04. The first kappa shape index (κ1) is 14.4. The molecule has 0 saturated carbocycles. The Morgan fingerprint density at radius 3 is 2.95 bits per heavy atom. The standard InChI is InChI=1S/C11H9ClN4O3S/c12-6-1-2-7(13-4-6)14-10(19)5-20-11-15-8(17)3-9(18)16-11/h1-4H,5H2,(H,13,14,19)(H2,15,16,17,18). The maximum Gasteiger partial charge on any atom is 0.255 e. The van der Waals surface area contributed by atoms with Gasteiger partial charge in [-0.1, -0.05) is 23.4 Å². The van der Waals surface area contributed by atoms with Crippen LogP contribution in [0.15, 0.2) is 34.3 Å². The van der Waals surface area contributed by atoms with Gasteiger partial charge in [0, 0.05) is 6.20 Å². The fourth-order valence-electron chi connectivity index (χ4n) is 1.25.